The van der Waals surface area contributed by atoms with Crippen molar-refractivity contribution in [1.82, 2.24) is 0 Å². The number of hydrogen-bond donors (Lipinski definition) is 1. The second kappa shape index (κ2) is 8.32. The third-order valence-corrected chi connectivity index (χ3v) is 4.79. The number of nitrogens with zero attached hydrogens (tertiary/aromatic N) is 1. The summed E-state index contributed by atoms with van der Waals surface area (Å²) in [5.41, 5.74) is 2.15. The minimum Gasteiger partial charge on any atom is -0.497 e. The summed E-state index contributed by atoms with van der Waals surface area (Å²) in [5, 5.41) is 3.58. The van der Waals surface area contributed by atoms with Crippen molar-refractivity contribution in [3.8, 4) is 11.5 Å². The van der Waals surface area contributed by atoms with Crippen molar-refractivity contribution in [3.05, 3.63) is 47.0 Å². The third kappa shape index (κ3) is 4.05. The van der Waals surface area contributed by atoms with Crippen LogP contribution in [-0.2, 0) is 0 Å². The molecule has 5 nitrogen and oxygen atoms in total. The van der Waals surface area contributed by atoms with E-state index in [2.05, 4.69) is 10.2 Å². The Morgan fingerprint density at radius 2 is 1.81 bits per heavy atom. The van der Waals surface area contributed by atoms with Gasteiger partial charge in [-0.3, -0.25) is 4.79 Å². The molecule has 2 aromatic carbocycles. The van der Waals surface area contributed by atoms with Crippen LogP contribution in [0.25, 0.3) is 0 Å². The van der Waals surface area contributed by atoms with Gasteiger partial charge < -0.3 is 19.7 Å². The zero-order valence-electron chi connectivity index (χ0n) is 15.0. The van der Waals surface area contributed by atoms with Gasteiger partial charge in [0.25, 0.3) is 5.91 Å². The average molecular weight is 375 g/mol. The van der Waals surface area contributed by atoms with E-state index in [-0.39, 0.29) is 5.91 Å². The number of benzene rings is 2. The van der Waals surface area contributed by atoms with Crippen LogP contribution >= 0.6 is 11.6 Å². The number of amides is 1. The Hall–Kier alpha value is -2.40. The summed E-state index contributed by atoms with van der Waals surface area (Å²) in [4.78, 5) is 15.1. The van der Waals surface area contributed by atoms with Gasteiger partial charge in [-0.2, -0.15) is 0 Å². The lowest BCUT2D eigenvalue weighted by molar-refractivity contribution is 0.102. The van der Waals surface area contributed by atoms with Crippen LogP contribution in [0.5, 0.6) is 11.5 Å². The molecule has 1 heterocycles. The summed E-state index contributed by atoms with van der Waals surface area (Å²) in [6.45, 7) is 1.96. The molecule has 3 rings (SSSR count). The van der Waals surface area contributed by atoms with Gasteiger partial charge >= 0.3 is 0 Å². The predicted molar refractivity (Wildman–Crippen MR) is 105 cm³/mol. The average Bonchev–Trinajstić information content (AvgIpc) is 2.68. The van der Waals surface area contributed by atoms with Crippen LogP contribution < -0.4 is 19.7 Å². The number of anilines is 2. The highest BCUT2D eigenvalue weighted by molar-refractivity contribution is 6.31. The van der Waals surface area contributed by atoms with Crippen LogP contribution in [0.15, 0.2) is 36.4 Å². The maximum absolute atomic E-state index is 12.8. The Morgan fingerprint density at radius 1 is 1.04 bits per heavy atom. The van der Waals surface area contributed by atoms with E-state index in [4.69, 9.17) is 21.1 Å². The van der Waals surface area contributed by atoms with Crippen LogP contribution in [0.3, 0.4) is 0 Å². The third-order valence-electron chi connectivity index (χ3n) is 4.56. The second-order valence-corrected chi connectivity index (χ2v) is 6.67. The molecule has 138 valence electrons. The van der Waals surface area contributed by atoms with Crippen molar-refractivity contribution in [2.75, 3.05) is 37.5 Å². The number of nitrogens with one attached hydrogen (secondary N) is 1. The lowest BCUT2D eigenvalue weighted by Crippen LogP contribution is -2.30. The molecule has 2 aromatic rings. The molecule has 0 aliphatic carbocycles. The number of carbonyl (C=O) groups excluding carboxylic acids is 1. The number of carbonyl (C=O) groups is 1. The van der Waals surface area contributed by atoms with Gasteiger partial charge in [0.2, 0.25) is 0 Å². The lowest BCUT2D eigenvalue weighted by atomic mass is 10.1. The van der Waals surface area contributed by atoms with Gasteiger partial charge in [-0.05, 0) is 49.6 Å². The van der Waals surface area contributed by atoms with Crippen molar-refractivity contribution in [2.24, 2.45) is 0 Å². The maximum atomic E-state index is 12.8. The molecule has 1 amide bonds. The van der Waals surface area contributed by atoms with Crippen LogP contribution in [0, 0.1) is 0 Å². The molecule has 1 fully saturated rings. The molecule has 0 aromatic heterocycles. The topological polar surface area (TPSA) is 50.8 Å². The minimum absolute atomic E-state index is 0.245. The first kappa shape index (κ1) is 18.4. The van der Waals surface area contributed by atoms with Gasteiger partial charge in [0.1, 0.15) is 11.5 Å². The molecule has 0 saturated carbocycles. The zero-order valence-corrected chi connectivity index (χ0v) is 15.8. The van der Waals surface area contributed by atoms with Crippen molar-refractivity contribution in [1.29, 1.82) is 0 Å². The normalized spacial score (nSPS) is 14.0. The van der Waals surface area contributed by atoms with Gasteiger partial charge in [-0.25, -0.2) is 0 Å². The fraction of sp³-hybridized carbons (Fsp3) is 0.350. The minimum atomic E-state index is -0.245. The molecule has 1 saturated heterocycles. The maximum Gasteiger partial charge on any atom is 0.259 e. The van der Waals surface area contributed by atoms with E-state index in [9.17, 15) is 4.79 Å². The Morgan fingerprint density at radius 3 is 2.50 bits per heavy atom. The molecule has 6 heteroatoms. The first-order chi connectivity index (χ1) is 12.6. The van der Waals surface area contributed by atoms with Gasteiger partial charge in [0.05, 0.1) is 31.2 Å². The van der Waals surface area contributed by atoms with E-state index in [0.29, 0.717) is 27.8 Å². The summed E-state index contributed by atoms with van der Waals surface area (Å²) < 4.78 is 10.5. The van der Waals surface area contributed by atoms with Crippen LogP contribution in [0.1, 0.15) is 29.6 Å². The van der Waals surface area contributed by atoms with Crippen LogP contribution in [0.2, 0.25) is 5.02 Å². The number of rotatable bonds is 5. The number of ether oxygens (including phenoxy) is 2. The second-order valence-electron chi connectivity index (χ2n) is 6.23. The molecular weight excluding hydrogens is 352 g/mol. The predicted octanol–water partition coefficient (Wildman–Crippen LogP) is 4.60. The molecular formula is C20H23ClN2O3. The molecule has 0 spiro atoms. The van der Waals surface area contributed by atoms with Crippen molar-refractivity contribution in [2.45, 2.75) is 19.3 Å². The first-order valence-electron chi connectivity index (χ1n) is 8.70. The summed E-state index contributed by atoms with van der Waals surface area (Å²) >= 11 is 6.17. The smallest absolute Gasteiger partial charge is 0.259 e. The molecule has 0 atom stereocenters. The van der Waals surface area contributed by atoms with Crippen molar-refractivity contribution in [3.63, 3.8) is 0 Å². The molecule has 1 aliphatic rings. The van der Waals surface area contributed by atoms with E-state index >= 15 is 0 Å². The standard InChI is InChI=1S/C20H23ClN2O3/c1-25-15-7-8-16(19(13-15)26-2)20(24)22-17-12-14(21)6-9-18(17)23-10-4-3-5-11-23/h6-9,12-13H,3-5,10-11H2,1-2H3,(H,22,24). The fourth-order valence-corrected chi connectivity index (χ4v) is 3.37. The molecule has 0 unspecified atom stereocenters. The summed E-state index contributed by atoms with van der Waals surface area (Å²) in [6.07, 6.45) is 3.56. The van der Waals surface area contributed by atoms with Gasteiger partial charge in [0, 0.05) is 24.2 Å². The first-order valence-corrected chi connectivity index (χ1v) is 9.08. The van der Waals surface area contributed by atoms with Gasteiger partial charge in [-0.1, -0.05) is 11.6 Å². The Labute approximate surface area is 158 Å². The number of halogens is 1. The number of hydrogen-bond acceptors (Lipinski definition) is 4. The van der Waals surface area contributed by atoms with E-state index in [1.165, 1.54) is 13.5 Å². The molecule has 1 aliphatic heterocycles. The SMILES string of the molecule is COc1ccc(C(=O)Nc2cc(Cl)ccc2N2CCCCC2)c(OC)c1. The summed E-state index contributed by atoms with van der Waals surface area (Å²) in [5.74, 6) is 0.851. The Bertz CT molecular complexity index is 789. The number of methoxy groups -OCH3 is 2. The van der Waals surface area contributed by atoms with Crippen molar-refractivity contribution >= 4 is 28.9 Å². The molecule has 0 bridgehead atoms. The van der Waals surface area contributed by atoms with E-state index in [0.717, 1.165) is 31.6 Å². The highest BCUT2D eigenvalue weighted by atomic mass is 35.5. The molecule has 1 N–H and O–H groups in total. The van der Waals surface area contributed by atoms with Crippen LogP contribution in [-0.4, -0.2) is 33.2 Å². The summed E-state index contributed by atoms with van der Waals surface area (Å²) in [7, 11) is 3.11. The van der Waals surface area contributed by atoms with Crippen LogP contribution in [0.4, 0.5) is 11.4 Å². The highest BCUT2D eigenvalue weighted by Gasteiger charge is 2.19. The molecule has 0 radical (unpaired) electrons. The monoisotopic (exact) mass is 374 g/mol. The van der Waals surface area contributed by atoms with E-state index in [1.54, 1.807) is 31.4 Å². The van der Waals surface area contributed by atoms with Crippen molar-refractivity contribution < 1.29 is 14.3 Å². The molecule has 26 heavy (non-hydrogen) atoms. The Kier molecular flexibility index (Phi) is 5.89. The summed E-state index contributed by atoms with van der Waals surface area (Å²) in [6, 6.07) is 10.7. The zero-order chi connectivity index (χ0) is 18.5. The lowest BCUT2D eigenvalue weighted by Gasteiger charge is -2.30. The van der Waals surface area contributed by atoms with Gasteiger partial charge in [0.15, 0.2) is 0 Å². The van der Waals surface area contributed by atoms with E-state index in [1.807, 2.05) is 12.1 Å². The quantitative estimate of drug-likeness (QED) is 0.830. The number of piperidine rings is 1. The largest absolute Gasteiger partial charge is 0.497 e. The fourth-order valence-electron chi connectivity index (χ4n) is 3.19. The Balaban J connectivity index is 1.88. The van der Waals surface area contributed by atoms with Gasteiger partial charge in [-0.15, -0.1) is 0 Å². The highest BCUT2D eigenvalue weighted by Crippen LogP contribution is 2.32. The van der Waals surface area contributed by atoms with E-state index < -0.39 is 0 Å².